The molecular weight excluding hydrogens is 340 g/mol. The topological polar surface area (TPSA) is 63.4 Å². The molecule has 1 aliphatic rings. The molecule has 1 aliphatic heterocycles. The fourth-order valence-corrected chi connectivity index (χ4v) is 3.74. The molecule has 0 spiro atoms. The smallest absolute Gasteiger partial charge is 0.263 e. The molecule has 4 nitrogen and oxygen atoms in total. The van der Waals surface area contributed by atoms with Crippen LogP contribution in [0.4, 0.5) is 5.69 Å². The fourth-order valence-electron chi connectivity index (χ4n) is 2.27. The second kappa shape index (κ2) is 5.03. The minimum Gasteiger partial charge on any atom is -0.398 e. The number of halogens is 1. The van der Waals surface area contributed by atoms with Gasteiger partial charge in [0.15, 0.2) is 0 Å². The number of rotatable bonds is 3. The molecule has 0 aliphatic carbocycles. The zero-order valence-corrected chi connectivity index (χ0v) is 12.8. The molecule has 2 heterocycles. The predicted molar refractivity (Wildman–Crippen MR) is 81.9 cm³/mol. The number of nitrogens with zero attached hydrogens (tertiary/aromatic N) is 1. The molecule has 1 aromatic heterocycles. The first-order chi connectivity index (χ1) is 9.58. The van der Waals surface area contributed by atoms with Gasteiger partial charge in [-0.2, -0.15) is 0 Å². The van der Waals surface area contributed by atoms with Gasteiger partial charge in [0.2, 0.25) is 0 Å². The van der Waals surface area contributed by atoms with Crippen LogP contribution in [0.1, 0.15) is 25.6 Å². The summed E-state index contributed by atoms with van der Waals surface area (Å²) in [5.41, 5.74) is 6.90. The summed E-state index contributed by atoms with van der Waals surface area (Å²) in [5.74, 6) is -0.549. The van der Waals surface area contributed by atoms with Crippen LogP contribution < -0.4 is 5.73 Å². The van der Waals surface area contributed by atoms with Crippen molar-refractivity contribution >= 4 is 44.8 Å². The number of carbonyl (C=O) groups is 2. The number of imide groups is 1. The number of anilines is 1. The summed E-state index contributed by atoms with van der Waals surface area (Å²) in [6.07, 6.45) is 0.654. The highest BCUT2D eigenvalue weighted by Crippen LogP contribution is 2.28. The van der Waals surface area contributed by atoms with Gasteiger partial charge in [0, 0.05) is 17.1 Å². The number of benzene rings is 1. The first kappa shape index (κ1) is 13.3. The summed E-state index contributed by atoms with van der Waals surface area (Å²) in [6.45, 7) is 0.374. The monoisotopic (exact) mass is 350 g/mol. The third-order valence-electron chi connectivity index (χ3n) is 3.24. The molecule has 1 aromatic carbocycles. The lowest BCUT2D eigenvalue weighted by Gasteiger charge is -2.12. The van der Waals surface area contributed by atoms with Crippen molar-refractivity contribution in [3.63, 3.8) is 0 Å². The average molecular weight is 351 g/mol. The van der Waals surface area contributed by atoms with Crippen molar-refractivity contribution in [1.29, 1.82) is 0 Å². The van der Waals surface area contributed by atoms with E-state index in [1.807, 2.05) is 12.1 Å². The average Bonchev–Trinajstić information content (AvgIpc) is 2.93. The third-order valence-corrected chi connectivity index (χ3v) is 4.93. The molecule has 0 saturated heterocycles. The van der Waals surface area contributed by atoms with E-state index in [2.05, 4.69) is 15.9 Å². The van der Waals surface area contributed by atoms with Crippen molar-refractivity contribution in [1.82, 2.24) is 4.90 Å². The minimum atomic E-state index is -0.293. The molecule has 0 unspecified atom stereocenters. The Morgan fingerprint density at radius 2 is 1.95 bits per heavy atom. The summed E-state index contributed by atoms with van der Waals surface area (Å²) in [6, 6.07) is 8.93. The Labute approximate surface area is 128 Å². The maximum atomic E-state index is 12.3. The van der Waals surface area contributed by atoms with Gasteiger partial charge in [-0.15, -0.1) is 11.3 Å². The molecule has 0 radical (unpaired) electrons. The second-order valence-electron chi connectivity index (χ2n) is 4.49. The van der Waals surface area contributed by atoms with Gasteiger partial charge in [0.1, 0.15) is 0 Å². The summed E-state index contributed by atoms with van der Waals surface area (Å²) >= 11 is 5.00. The Hall–Kier alpha value is -1.66. The Balaban J connectivity index is 1.81. The van der Waals surface area contributed by atoms with E-state index in [-0.39, 0.29) is 11.8 Å². The number of amides is 2. The highest BCUT2D eigenvalue weighted by molar-refractivity contribution is 9.11. The maximum Gasteiger partial charge on any atom is 0.263 e. The number of nitrogens with two attached hydrogens (primary N) is 1. The molecule has 0 fully saturated rings. The quantitative estimate of drug-likeness (QED) is 0.683. The largest absolute Gasteiger partial charge is 0.398 e. The van der Waals surface area contributed by atoms with E-state index in [9.17, 15) is 9.59 Å². The van der Waals surface area contributed by atoms with Crippen molar-refractivity contribution in [3.8, 4) is 0 Å². The van der Waals surface area contributed by atoms with Crippen LogP contribution in [0.25, 0.3) is 0 Å². The van der Waals surface area contributed by atoms with Gasteiger partial charge in [-0.25, -0.2) is 0 Å². The van der Waals surface area contributed by atoms with Gasteiger partial charge in [-0.1, -0.05) is 6.07 Å². The number of carbonyl (C=O) groups excluding carboxylic acids is 2. The zero-order valence-electron chi connectivity index (χ0n) is 10.4. The van der Waals surface area contributed by atoms with Crippen LogP contribution in [0.15, 0.2) is 34.1 Å². The number of fused-ring (bicyclic) bond motifs is 1. The van der Waals surface area contributed by atoms with Crippen molar-refractivity contribution in [3.05, 3.63) is 50.1 Å². The van der Waals surface area contributed by atoms with Gasteiger partial charge in [0.25, 0.3) is 11.8 Å². The van der Waals surface area contributed by atoms with Crippen LogP contribution in [0.5, 0.6) is 0 Å². The van der Waals surface area contributed by atoms with E-state index in [4.69, 9.17) is 5.73 Å². The molecule has 102 valence electrons. The van der Waals surface area contributed by atoms with Gasteiger partial charge in [0.05, 0.1) is 14.9 Å². The van der Waals surface area contributed by atoms with Crippen LogP contribution in [0.2, 0.25) is 0 Å². The number of nitrogen functional groups attached to an aromatic ring is 1. The van der Waals surface area contributed by atoms with Gasteiger partial charge >= 0.3 is 0 Å². The number of hydrogen-bond donors (Lipinski definition) is 1. The summed E-state index contributed by atoms with van der Waals surface area (Å²) in [7, 11) is 0. The van der Waals surface area contributed by atoms with Crippen molar-refractivity contribution in [2.45, 2.75) is 6.42 Å². The molecule has 2 N–H and O–H groups in total. The Morgan fingerprint density at radius 3 is 2.60 bits per heavy atom. The molecule has 2 amide bonds. The lowest BCUT2D eigenvalue weighted by atomic mass is 10.1. The van der Waals surface area contributed by atoms with Crippen LogP contribution >= 0.6 is 27.3 Å². The second-order valence-corrected chi connectivity index (χ2v) is 7.04. The van der Waals surface area contributed by atoms with E-state index in [0.717, 1.165) is 8.66 Å². The molecule has 6 heteroatoms. The molecule has 20 heavy (non-hydrogen) atoms. The standard InChI is InChI=1S/C14H11BrN2O2S/c15-11-5-4-8(20-11)6-7-17-13(18)9-2-1-3-10(16)12(9)14(17)19/h1-5H,6-7,16H2. The third kappa shape index (κ3) is 2.14. The van der Waals surface area contributed by atoms with Crippen LogP contribution in [-0.4, -0.2) is 23.3 Å². The maximum absolute atomic E-state index is 12.3. The van der Waals surface area contributed by atoms with Gasteiger partial charge in [-0.05, 0) is 46.6 Å². The molecular formula is C14H11BrN2O2S. The molecule has 0 saturated carbocycles. The number of hydrogen-bond acceptors (Lipinski definition) is 4. The van der Waals surface area contributed by atoms with Crippen LogP contribution in [0, 0.1) is 0 Å². The summed E-state index contributed by atoms with van der Waals surface area (Å²) in [5, 5.41) is 0. The number of thiophene rings is 1. The van der Waals surface area contributed by atoms with Gasteiger partial charge in [-0.3, -0.25) is 14.5 Å². The first-order valence-corrected chi connectivity index (χ1v) is 7.68. The fraction of sp³-hybridized carbons (Fsp3) is 0.143. The minimum absolute atomic E-state index is 0.257. The first-order valence-electron chi connectivity index (χ1n) is 6.07. The SMILES string of the molecule is Nc1cccc2c1C(=O)N(CCc1ccc(Br)s1)C2=O. The van der Waals surface area contributed by atoms with Crippen molar-refractivity contribution in [2.24, 2.45) is 0 Å². The van der Waals surface area contributed by atoms with Gasteiger partial charge < -0.3 is 5.73 Å². The van der Waals surface area contributed by atoms with E-state index in [0.29, 0.717) is 29.8 Å². The molecule has 3 rings (SSSR count). The highest BCUT2D eigenvalue weighted by atomic mass is 79.9. The predicted octanol–water partition coefficient (Wildman–Crippen LogP) is 2.93. The molecule has 2 aromatic rings. The van der Waals surface area contributed by atoms with Crippen LogP contribution in [-0.2, 0) is 6.42 Å². The van der Waals surface area contributed by atoms with E-state index >= 15 is 0 Å². The van der Waals surface area contributed by atoms with Crippen molar-refractivity contribution in [2.75, 3.05) is 12.3 Å². The van der Waals surface area contributed by atoms with E-state index in [1.165, 1.54) is 4.90 Å². The molecule has 0 bridgehead atoms. The van der Waals surface area contributed by atoms with Crippen LogP contribution in [0.3, 0.4) is 0 Å². The molecule has 0 atom stereocenters. The summed E-state index contributed by atoms with van der Waals surface area (Å²) in [4.78, 5) is 26.9. The van der Waals surface area contributed by atoms with Crippen molar-refractivity contribution < 1.29 is 9.59 Å². The van der Waals surface area contributed by atoms with E-state index in [1.54, 1.807) is 29.5 Å². The summed E-state index contributed by atoms with van der Waals surface area (Å²) < 4.78 is 1.04. The highest BCUT2D eigenvalue weighted by Gasteiger charge is 2.36. The Morgan fingerprint density at radius 1 is 1.15 bits per heavy atom. The zero-order chi connectivity index (χ0) is 14.3. The Kier molecular flexibility index (Phi) is 3.35. The Bertz CT molecular complexity index is 711. The van der Waals surface area contributed by atoms with E-state index < -0.39 is 0 Å². The normalized spacial score (nSPS) is 13.9. The lowest BCUT2D eigenvalue weighted by Crippen LogP contribution is -2.31. The lowest BCUT2D eigenvalue weighted by molar-refractivity contribution is 0.0657.